The van der Waals surface area contributed by atoms with Crippen LogP contribution in [0, 0.1) is 6.92 Å². The molecule has 0 aliphatic rings. The lowest BCUT2D eigenvalue weighted by Gasteiger charge is -2.19. The van der Waals surface area contributed by atoms with Crippen molar-refractivity contribution in [2.24, 2.45) is 0 Å². The molecule has 0 fully saturated rings. The van der Waals surface area contributed by atoms with Gasteiger partial charge in [0.05, 0.1) is 10.9 Å². The number of imidazole rings is 1. The number of aryl methyl sites for hydroxylation is 1. The molecule has 142 valence electrons. The summed E-state index contributed by atoms with van der Waals surface area (Å²) in [4.78, 5) is 21.5. The van der Waals surface area contributed by atoms with E-state index in [1.54, 1.807) is 23.2 Å². The summed E-state index contributed by atoms with van der Waals surface area (Å²) in [7, 11) is -3.79. The lowest BCUT2D eigenvalue weighted by Crippen LogP contribution is -2.31. The molecule has 1 heterocycles. The highest BCUT2D eigenvalue weighted by Gasteiger charge is 2.23. The second-order valence-electron chi connectivity index (χ2n) is 6.04. The average molecular weight is 378 g/mol. The SMILES string of the molecule is CC[C@@H](NS(=O)(=O)c1cccc(C(=O)N(CC)CC)c1)c1ncc(C)[nH]1. The molecule has 0 spiro atoms. The minimum Gasteiger partial charge on any atom is -0.345 e. The van der Waals surface area contributed by atoms with E-state index in [1.165, 1.54) is 12.1 Å². The Morgan fingerprint density at radius 2 is 1.96 bits per heavy atom. The molecule has 1 amide bonds. The number of hydrogen-bond donors (Lipinski definition) is 2. The fourth-order valence-corrected chi connectivity index (χ4v) is 4.02. The zero-order chi connectivity index (χ0) is 19.3. The molecule has 0 radical (unpaired) electrons. The Morgan fingerprint density at radius 3 is 2.50 bits per heavy atom. The van der Waals surface area contributed by atoms with Crippen LogP contribution in [-0.2, 0) is 10.0 Å². The number of nitrogens with zero attached hydrogens (tertiary/aromatic N) is 2. The van der Waals surface area contributed by atoms with Crippen molar-refractivity contribution in [1.29, 1.82) is 0 Å². The quantitative estimate of drug-likeness (QED) is 0.738. The van der Waals surface area contributed by atoms with Crippen molar-refractivity contribution in [3.8, 4) is 0 Å². The Hall–Kier alpha value is -2.19. The van der Waals surface area contributed by atoms with Crippen molar-refractivity contribution in [2.75, 3.05) is 13.1 Å². The lowest BCUT2D eigenvalue weighted by molar-refractivity contribution is 0.0772. The molecule has 8 heteroatoms. The van der Waals surface area contributed by atoms with Gasteiger partial charge in [-0.15, -0.1) is 0 Å². The van der Waals surface area contributed by atoms with Crippen LogP contribution in [0.3, 0.4) is 0 Å². The van der Waals surface area contributed by atoms with E-state index in [9.17, 15) is 13.2 Å². The smallest absolute Gasteiger partial charge is 0.253 e. The number of benzene rings is 1. The van der Waals surface area contributed by atoms with Crippen LogP contribution >= 0.6 is 0 Å². The molecule has 0 saturated heterocycles. The van der Waals surface area contributed by atoms with Crippen LogP contribution in [0.5, 0.6) is 0 Å². The number of aromatic nitrogens is 2. The van der Waals surface area contributed by atoms with E-state index < -0.39 is 16.1 Å². The van der Waals surface area contributed by atoms with Crippen LogP contribution in [0.1, 0.15) is 55.1 Å². The molecular formula is C18H26N4O3S. The fraction of sp³-hybridized carbons (Fsp3) is 0.444. The zero-order valence-corrected chi connectivity index (χ0v) is 16.4. The van der Waals surface area contributed by atoms with E-state index in [4.69, 9.17) is 0 Å². The highest BCUT2D eigenvalue weighted by molar-refractivity contribution is 7.89. The molecule has 0 unspecified atom stereocenters. The van der Waals surface area contributed by atoms with Gasteiger partial charge in [-0.05, 0) is 45.4 Å². The number of H-pyrrole nitrogens is 1. The third kappa shape index (κ3) is 4.50. The highest BCUT2D eigenvalue weighted by Crippen LogP contribution is 2.19. The Morgan fingerprint density at radius 1 is 1.27 bits per heavy atom. The largest absolute Gasteiger partial charge is 0.345 e. The second kappa shape index (κ2) is 8.46. The molecular weight excluding hydrogens is 352 g/mol. The maximum atomic E-state index is 12.8. The second-order valence-corrected chi connectivity index (χ2v) is 7.75. The van der Waals surface area contributed by atoms with Gasteiger partial charge in [-0.25, -0.2) is 18.1 Å². The number of aromatic amines is 1. The summed E-state index contributed by atoms with van der Waals surface area (Å²) in [6, 6.07) is 5.66. The van der Waals surface area contributed by atoms with E-state index in [2.05, 4.69) is 14.7 Å². The number of carbonyl (C=O) groups excluding carboxylic acids is 1. The zero-order valence-electron chi connectivity index (χ0n) is 15.6. The highest BCUT2D eigenvalue weighted by atomic mass is 32.2. The molecule has 2 rings (SSSR count). The van der Waals surface area contributed by atoms with Gasteiger partial charge >= 0.3 is 0 Å². The van der Waals surface area contributed by atoms with E-state index in [0.717, 1.165) is 5.69 Å². The summed E-state index contributed by atoms with van der Waals surface area (Å²) in [5, 5.41) is 0. The molecule has 2 N–H and O–H groups in total. The van der Waals surface area contributed by atoms with Gasteiger partial charge in [0.25, 0.3) is 5.91 Å². The number of nitrogens with one attached hydrogen (secondary N) is 2. The van der Waals surface area contributed by atoms with Gasteiger partial charge in [0.1, 0.15) is 5.82 Å². The first-order valence-corrected chi connectivity index (χ1v) is 10.2. The van der Waals surface area contributed by atoms with Crippen molar-refractivity contribution in [1.82, 2.24) is 19.6 Å². The van der Waals surface area contributed by atoms with Gasteiger partial charge in [0.2, 0.25) is 10.0 Å². The third-order valence-electron chi connectivity index (χ3n) is 4.20. The van der Waals surface area contributed by atoms with Crippen LogP contribution in [0.2, 0.25) is 0 Å². The number of carbonyl (C=O) groups is 1. The van der Waals surface area contributed by atoms with Gasteiger partial charge in [-0.2, -0.15) is 0 Å². The van der Waals surface area contributed by atoms with Gasteiger partial charge in [-0.3, -0.25) is 4.79 Å². The van der Waals surface area contributed by atoms with E-state index in [-0.39, 0.29) is 10.8 Å². The minimum atomic E-state index is -3.79. The van der Waals surface area contributed by atoms with E-state index in [0.29, 0.717) is 30.9 Å². The van der Waals surface area contributed by atoms with Crippen molar-refractivity contribution in [2.45, 2.75) is 45.1 Å². The predicted octanol–water partition coefficient (Wildman–Crippen LogP) is 2.63. The molecule has 0 saturated carbocycles. The molecule has 1 aromatic heterocycles. The summed E-state index contributed by atoms with van der Waals surface area (Å²) in [5.41, 5.74) is 1.22. The maximum absolute atomic E-state index is 12.8. The lowest BCUT2D eigenvalue weighted by atomic mass is 10.2. The molecule has 0 aliphatic carbocycles. The summed E-state index contributed by atoms with van der Waals surface area (Å²) in [6.07, 6.45) is 2.21. The molecule has 2 aromatic rings. The third-order valence-corrected chi connectivity index (χ3v) is 5.67. The van der Waals surface area contributed by atoms with Crippen molar-refractivity contribution in [3.05, 3.63) is 47.5 Å². The Kier molecular flexibility index (Phi) is 6.55. The summed E-state index contributed by atoms with van der Waals surface area (Å²) in [5.74, 6) is 0.393. The first-order valence-electron chi connectivity index (χ1n) is 8.75. The van der Waals surface area contributed by atoms with Crippen LogP contribution in [0.25, 0.3) is 0 Å². The summed E-state index contributed by atoms with van der Waals surface area (Å²) in [6.45, 7) is 8.66. The topological polar surface area (TPSA) is 95.2 Å². The normalized spacial score (nSPS) is 12.8. The Balaban J connectivity index is 2.28. The van der Waals surface area contributed by atoms with Crippen LogP contribution in [0.4, 0.5) is 0 Å². The molecule has 0 bridgehead atoms. The Bertz CT molecular complexity index is 857. The number of hydrogen-bond acceptors (Lipinski definition) is 4. The van der Waals surface area contributed by atoms with E-state index in [1.807, 2.05) is 27.7 Å². The Labute approximate surface area is 154 Å². The van der Waals surface area contributed by atoms with Gasteiger partial charge in [0, 0.05) is 30.5 Å². The molecule has 0 aliphatic heterocycles. The standard InChI is InChI=1S/C18H26N4O3S/c1-5-16(17-19-12-13(4)20-17)21-26(24,25)15-10-8-9-14(11-15)18(23)22(6-2)7-3/h8-12,16,21H,5-7H2,1-4H3,(H,19,20)/t16-/m1/s1. The minimum absolute atomic E-state index is 0.0669. The fourth-order valence-electron chi connectivity index (χ4n) is 2.69. The van der Waals surface area contributed by atoms with Crippen molar-refractivity contribution in [3.63, 3.8) is 0 Å². The van der Waals surface area contributed by atoms with E-state index >= 15 is 0 Å². The first kappa shape index (κ1) is 20.1. The van der Waals surface area contributed by atoms with Gasteiger partial charge in [-0.1, -0.05) is 13.0 Å². The van der Waals surface area contributed by atoms with Crippen molar-refractivity contribution >= 4 is 15.9 Å². The molecule has 26 heavy (non-hydrogen) atoms. The first-order chi connectivity index (χ1) is 12.3. The van der Waals surface area contributed by atoms with Crippen LogP contribution in [0.15, 0.2) is 35.4 Å². The molecule has 7 nitrogen and oxygen atoms in total. The van der Waals surface area contributed by atoms with Gasteiger partial charge in [0.15, 0.2) is 0 Å². The predicted molar refractivity (Wildman–Crippen MR) is 100 cm³/mol. The van der Waals surface area contributed by atoms with Gasteiger partial charge < -0.3 is 9.88 Å². The summed E-state index contributed by atoms with van der Waals surface area (Å²) < 4.78 is 28.2. The van der Waals surface area contributed by atoms with Crippen LogP contribution in [-0.4, -0.2) is 42.3 Å². The molecule has 1 aromatic carbocycles. The number of amides is 1. The van der Waals surface area contributed by atoms with Crippen molar-refractivity contribution < 1.29 is 13.2 Å². The number of sulfonamides is 1. The molecule has 1 atom stereocenters. The summed E-state index contributed by atoms with van der Waals surface area (Å²) >= 11 is 0. The maximum Gasteiger partial charge on any atom is 0.253 e. The van der Waals surface area contributed by atoms with Crippen LogP contribution < -0.4 is 4.72 Å². The number of rotatable bonds is 8. The monoisotopic (exact) mass is 378 g/mol. The average Bonchev–Trinajstić information content (AvgIpc) is 3.07.